The van der Waals surface area contributed by atoms with Crippen molar-refractivity contribution in [3.63, 3.8) is 0 Å². The molecule has 1 amide bonds. The molecule has 5 heteroatoms. The van der Waals surface area contributed by atoms with Crippen LogP contribution in [0.2, 0.25) is 0 Å². The molecular formula is C12H13FN2O2. The number of ether oxygens (including phenoxy) is 1. The Morgan fingerprint density at radius 2 is 2.06 bits per heavy atom. The number of hydrogen-bond donors (Lipinski definition) is 2. The van der Waals surface area contributed by atoms with Crippen molar-refractivity contribution in [3.8, 4) is 0 Å². The molecule has 2 heterocycles. The summed E-state index contributed by atoms with van der Waals surface area (Å²) in [5.41, 5.74) is 0.744. The molecule has 17 heavy (non-hydrogen) atoms. The quantitative estimate of drug-likeness (QED) is 0.724. The summed E-state index contributed by atoms with van der Waals surface area (Å²) in [4.78, 5) is 11.5. The lowest BCUT2D eigenvalue weighted by molar-refractivity contribution is -0.0128. The molecule has 0 unspecified atom stereocenters. The van der Waals surface area contributed by atoms with Gasteiger partial charge in [0.2, 0.25) is 0 Å². The molecule has 0 radical (unpaired) electrons. The molecule has 2 N–H and O–H groups in total. The maximum Gasteiger partial charge on any atom is 0.412 e. The van der Waals surface area contributed by atoms with E-state index in [-0.39, 0.29) is 5.82 Å². The number of benzene rings is 1. The molecule has 0 bridgehead atoms. The molecule has 1 aromatic rings. The molecular weight excluding hydrogens is 223 g/mol. The van der Waals surface area contributed by atoms with E-state index in [1.165, 1.54) is 12.1 Å². The van der Waals surface area contributed by atoms with Crippen molar-refractivity contribution in [1.29, 1.82) is 0 Å². The van der Waals surface area contributed by atoms with Gasteiger partial charge in [-0.05, 0) is 31.3 Å². The Morgan fingerprint density at radius 1 is 1.29 bits per heavy atom. The fourth-order valence-corrected chi connectivity index (χ4v) is 2.57. The largest absolute Gasteiger partial charge is 0.438 e. The first kappa shape index (κ1) is 10.5. The molecule has 2 aliphatic heterocycles. The third-order valence-corrected chi connectivity index (χ3v) is 3.41. The van der Waals surface area contributed by atoms with Crippen molar-refractivity contribution in [2.45, 2.75) is 18.4 Å². The maximum absolute atomic E-state index is 13.3. The number of rotatable bonds is 0. The van der Waals surface area contributed by atoms with Crippen molar-refractivity contribution >= 4 is 11.8 Å². The maximum atomic E-state index is 13.3. The Morgan fingerprint density at radius 3 is 2.82 bits per heavy atom. The third kappa shape index (κ3) is 1.67. The monoisotopic (exact) mass is 236 g/mol. The van der Waals surface area contributed by atoms with Crippen LogP contribution in [0.4, 0.5) is 14.9 Å². The Hall–Kier alpha value is -1.62. The Kier molecular flexibility index (Phi) is 2.29. The zero-order chi connectivity index (χ0) is 11.9. The van der Waals surface area contributed by atoms with E-state index in [0.29, 0.717) is 18.5 Å². The molecule has 2 aliphatic rings. The van der Waals surface area contributed by atoms with E-state index in [0.717, 1.165) is 18.7 Å². The zero-order valence-electron chi connectivity index (χ0n) is 9.25. The second-order valence-corrected chi connectivity index (χ2v) is 4.45. The molecule has 3 rings (SSSR count). The molecule has 0 aliphatic carbocycles. The summed E-state index contributed by atoms with van der Waals surface area (Å²) in [6.45, 7) is 1.53. The van der Waals surface area contributed by atoms with E-state index in [4.69, 9.17) is 4.74 Å². The van der Waals surface area contributed by atoms with E-state index < -0.39 is 11.7 Å². The number of nitrogens with one attached hydrogen (secondary N) is 2. The lowest BCUT2D eigenvalue weighted by Gasteiger charge is -2.41. The number of carbonyl (C=O) groups excluding carboxylic acids is 1. The van der Waals surface area contributed by atoms with Crippen molar-refractivity contribution < 1.29 is 13.9 Å². The number of anilines is 1. The van der Waals surface area contributed by atoms with Crippen LogP contribution in [-0.2, 0) is 10.3 Å². The van der Waals surface area contributed by atoms with Crippen LogP contribution in [0.15, 0.2) is 18.2 Å². The number of fused-ring (bicyclic) bond motifs is 2. The van der Waals surface area contributed by atoms with Gasteiger partial charge in [0.25, 0.3) is 0 Å². The van der Waals surface area contributed by atoms with Gasteiger partial charge >= 0.3 is 6.09 Å². The molecule has 1 fully saturated rings. The summed E-state index contributed by atoms with van der Waals surface area (Å²) in [5.74, 6) is -0.304. The Bertz CT molecular complexity index is 470. The molecule has 0 atom stereocenters. The van der Waals surface area contributed by atoms with Crippen molar-refractivity contribution in [3.05, 3.63) is 29.6 Å². The lowest BCUT2D eigenvalue weighted by Crippen LogP contribution is -2.46. The topological polar surface area (TPSA) is 50.4 Å². The van der Waals surface area contributed by atoms with Gasteiger partial charge in [-0.25, -0.2) is 9.18 Å². The molecule has 1 spiro atoms. The predicted octanol–water partition coefficient (Wildman–Crippen LogP) is 1.97. The highest BCUT2D eigenvalue weighted by Crippen LogP contribution is 2.42. The van der Waals surface area contributed by atoms with Crippen LogP contribution in [0.5, 0.6) is 0 Å². The Balaban J connectivity index is 2.11. The first-order chi connectivity index (χ1) is 8.20. The minimum atomic E-state index is -0.662. The van der Waals surface area contributed by atoms with Gasteiger partial charge in [-0.15, -0.1) is 0 Å². The molecule has 4 nitrogen and oxygen atoms in total. The number of amides is 1. The summed E-state index contributed by atoms with van der Waals surface area (Å²) >= 11 is 0. The first-order valence-corrected chi connectivity index (χ1v) is 5.70. The highest BCUT2D eigenvalue weighted by Gasteiger charge is 2.43. The van der Waals surface area contributed by atoms with Crippen molar-refractivity contribution in [2.75, 3.05) is 18.4 Å². The van der Waals surface area contributed by atoms with E-state index in [9.17, 15) is 9.18 Å². The standard InChI is InChI=1S/C12H13FN2O2/c13-8-1-2-10-9(7-8)12(17-11(16)15-10)3-5-14-6-4-12/h1-2,7,14H,3-6H2,(H,15,16). The van der Waals surface area contributed by atoms with Gasteiger partial charge in [0.05, 0.1) is 5.69 Å². The van der Waals surface area contributed by atoms with Gasteiger partial charge in [-0.1, -0.05) is 0 Å². The minimum absolute atomic E-state index is 0.304. The van der Waals surface area contributed by atoms with E-state index >= 15 is 0 Å². The predicted molar refractivity (Wildman–Crippen MR) is 60.3 cm³/mol. The van der Waals surface area contributed by atoms with Crippen LogP contribution in [0.3, 0.4) is 0 Å². The zero-order valence-corrected chi connectivity index (χ0v) is 9.25. The van der Waals surface area contributed by atoms with Crippen LogP contribution in [0, 0.1) is 5.82 Å². The van der Waals surface area contributed by atoms with Gasteiger partial charge in [-0.2, -0.15) is 0 Å². The SMILES string of the molecule is O=C1Nc2ccc(F)cc2C2(CCNCC2)O1. The van der Waals surface area contributed by atoms with E-state index in [1.54, 1.807) is 6.07 Å². The number of piperidine rings is 1. The van der Waals surface area contributed by atoms with Crippen LogP contribution in [0.1, 0.15) is 18.4 Å². The summed E-state index contributed by atoms with van der Waals surface area (Å²) in [6.07, 6.45) is 0.902. The second kappa shape index (κ2) is 3.70. The molecule has 0 saturated carbocycles. The van der Waals surface area contributed by atoms with Gasteiger partial charge in [0, 0.05) is 18.4 Å². The number of hydrogen-bond acceptors (Lipinski definition) is 3. The van der Waals surface area contributed by atoms with Crippen LogP contribution in [0.25, 0.3) is 0 Å². The molecule has 90 valence electrons. The van der Waals surface area contributed by atoms with Crippen LogP contribution >= 0.6 is 0 Å². The fourth-order valence-electron chi connectivity index (χ4n) is 2.57. The highest BCUT2D eigenvalue weighted by molar-refractivity contribution is 5.88. The summed E-state index contributed by atoms with van der Waals surface area (Å²) in [6, 6.07) is 4.40. The van der Waals surface area contributed by atoms with Gasteiger partial charge in [-0.3, -0.25) is 5.32 Å². The summed E-state index contributed by atoms with van der Waals surface area (Å²) in [5, 5.41) is 5.82. The van der Waals surface area contributed by atoms with Gasteiger partial charge in [0.15, 0.2) is 0 Å². The molecule has 0 aromatic heterocycles. The lowest BCUT2D eigenvalue weighted by atomic mass is 9.83. The summed E-state index contributed by atoms with van der Waals surface area (Å²) in [7, 11) is 0. The third-order valence-electron chi connectivity index (χ3n) is 3.41. The second-order valence-electron chi connectivity index (χ2n) is 4.45. The molecule has 1 aromatic carbocycles. The Labute approximate surface area is 98.1 Å². The van der Waals surface area contributed by atoms with Gasteiger partial charge < -0.3 is 10.1 Å². The average molecular weight is 236 g/mol. The van der Waals surface area contributed by atoms with Crippen molar-refractivity contribution in [2.24, 2.45) is 0 Å². The minimum Gasteiger partial charge on any atom is -0.438 e. The summed E-state index contributed by atoms with van der Waals surface area (Å²) < 4.78 is 18.8. The van der Waals surface area contributed by atoms with Crippen LogP contribution < -0.4 is 10.6 Å². The van der Waals surface area contributed by atoms with Crippen molar-refractivity contribution in [1.82, 2.24) is 5.32 Å². The highest BCUT2D eigenvalue weighted by atomic mass is 19.1. The molecule has 1 saturated heterocycles. The fraction of sp³-hybridized carbons (Fsp3) is 0.417. The number of carbonyl (C=O) groups is 1. The smallest absolute Gasteiger partial charge is 0.412 e. The van der Waals surface area contributed by atoms with E-state index in [1.807, 2.05) is 0 Å². The normalized spacial score (nSPS) is 21.6. The van der Waals surface area contributed by atoms with Gasteiger partial charge in [0.1, 0.15) is 11.4 Å². The van der Waals surface area contributed by atoms with Crippen LogP contribution in [-0.4, -0.2) is 19.2 Å². The first-order valence-electron chi connectivity index (χ1n) is 5.70. The number of halogens is 1. The van der Waals surface area contributed by atoms with E-state index in [2.05, 4.69) is 10.6 Å². The average Bonchev–Trinajstić information content (AvgIpc) is 2.31.